The van der Waals surface area contributed by atoms with Crippen molar-refractivity contribution in [3.05, 3.63) is 59.7 Å². The summed E-state index contributed by atoms with van der Waals surface area (Å²) in [7, 11) is -4.94. The van der Waals surface area contributed by atoms with E-state index in [1.54, 1.807) is 36.4 Å². The van der Waals surface area contributed by atoms with E-state index in [1.807, 2.05) is 0 Å². The van der Waals surface area contributed by atoms with Gasteiger partial charge < -0.3 is 25.4 Å². The summed E-state index contributed by atoms with van der Waals surface area (Å²) in [5, 5.41) is 31.0. The molecule has 4 rings (SSSR count). The van der Waals surface area contributed by atoms with Gasteiger partial charge in [0.2, 0.25) is 0 Å². The van der Waals surface area contributed by atoms with Crippen LogP contribution < -0.4 is 15.2 Å². The third kappa shape index (κ3) is 6.79. The molecule has 0 aromatic heterocycles. The summed E-state index contributed by atoms with van der Waals surface area (Å²) in [5.41, 5.74) is 5.77. The molecule has 0 heterocycles. The average molecular weight is 501 g/mol. The van der Waals surface area contributed by atoms with Crippen LogP contribution in [0.1, 0.15) is 95.4 Å². The quantitative estimate of drug-likeness (QED) is 0.468. The maximum atomic E-state index is 10.8. The molecule has 2 aromatic carbocycles. The number of rotatable bonds is 7. The highest BCUT2D eigenvalue weighted by atomic mass is 16.5. The second-order valence-electron chi connectivity index (χ2n) is 10.0. The monoisotopic (exact) mass is 500 g/mol. The third-order valence-corrected chi connectivity index (χ3v) is 7.72. The standard InChI is InChI=1S/C15H23NO2.C15H19NO2/c2*1-18-13-7-5-12(6-8-13)14(11-16)15(17)9-3-2-4-10-15/h5-8,14,17H,2-4,9-11,16H2,1H3;5-8,14,17H,2-4,9-10H2,1H3/i2*1D3. The Morgan fingerprint density at radius 3 is 1.67 bits per heavy atom. The Kier molecular flexibility index (Phi) is 7.45. The van der Waals surface area contributed by atoms with Gasteiger partial charge >= 0.3 is 0 Å². The number of nitriles is 1. The van der Waals surface area contributed by atoms with Crippen molar-refractivity contribution < 1.29 is 27.9 Å². The molecule has 2 aliphatic carbocycles. The Morgan fingerprint density at radius 2 is 1.25 bits per heavy atom. The van der Waals surface area contributed by atoms with Gasteiger partial charge in [-0.25, -0.2) is 0 Å². The smallest absolute Gasteiger partial charge is 0.118 e. The number of hydrogen-bond acceptors (Lipinski definition) is 6. The average Bonchev–Trinajstić information content (AvgIpc) is 2.91. The van der Waals surface area contributed by atoms with Crippen LogP contribution in [0.25, 0.3) is 0 Å². The van der Waals surface area contributed by atoms with Crippen LogP contribution in [0.2, 0.25) is 0 Å². The van der Waals surface area contributed by atoms with E-state index < -0.39 is 31.2 Å². The molecule has 0 aliphatic heterocycles. The number of nitrogens with zero attached hydrogens (tertiary/aromatic N) is 1. The van der Waals surface area contributed by atoms with E-state index >= 15 is 0 Å². The summed E-state index contributed by atoms with van der Waals surface area (Å²) >= 11 is 0. The van der Waals surface area contributed by atoms with Gasteiger partial charge in [0.1, 0.15) is 11.5 Å². The van der Waals surface area contributed by atoms with E-state index in [2.05, 4.69) is 6.07 Å². The molecule has 2 saturated carbocycles. The van der Waals surface area contributed by atoms with Crippen molar-refractivity contribution in [2.24, 2.45) is 5.73 Å². The molecule has 36 heavy (non-hydrogen) atoms. The summed E-state index contributed by atoms with van der Waals surface area (Å²) < 4.78 is 52.1. The lowest BCUT2D eigenvalue weighted by atomic mass is 9.73. The van der Waals surface area contributed by atoms with Crippen LogP contribution in [-0.4, -0.2) is 42.0 Å². The number of methoxy groups -OCH3 is 2. The molecular weight excluding hydrogens is 452 g/mol. The summed E-state index contributed by atoms with van der Waals surface area (Å²) in [4.78, 5) is 0. The van der Waals surface area contributed by atoms with E-state index in [9.17, 15) is 15.5 Å². The van der Waals surface area contributed by atoms with E-state index in [1.165, 1.54) is 12.1 Å². The molecule has 0 bridgehead atoms. The Balaban J connectivity index is 0.000000230. The molecule has 2 aliphatic rings. The van der Waals surface area contributed by atoms with Gasteiger partial charge in [-0.05, 0) is 61.1 Å². The van der Waals surface area contributed by atoms with Gasteiger partial charge in [-0.15, -0.1) is 0 Å². The Bertz CT molecular complexity index is 1150. The van der Waals surface area contributed by atoms with Gasteiger partial charge in [-0.1, -0.05) is 62.8 Å². The maximum Gasteiger partial charge on any atom is 0.118 e. The lowest BCUT2D eigenvalue weighted by Gasteiger charge is -2.39. The molecule has 0 amide bonds. The second-order valence-corrected chi connectivity index (χ2v) is 10.0. The van der Waals surface area contributed by atoms with Crippen LogP contribution in [0.15, 0.2) is 48.5 Å². The predicted molar refractivity (Wildman–Crippen MR) is 142 cm³/mol. The highest BCUT2D eigenvalue weighted by molar-refractivity contribution is 5.34. The number of benzene rings is 2. The Labute approximate surface area is 224 Å². The third-order valence-electron chi connectivity index (χ3n) is 7.72. The van der Waals surface area contributed by atoms with Crippen molar-refractivity contribution in [1.29, 1.82) is 5.26 Å². The van der Waals surface area contributed by atoms with Crippen molar-refractivity contribution in [3.8, 4) is 17.6 Å². The minimum atomic E-state index is -2.49. The Hall–Kier alpha value is -2.59. The van der Waals surface area contributed by atoms with Crippen LogP contribution in [0.4, 0.5) is 0 Å². The first-order chi connectivity index (χ1) is 19.7. The molecule has 196 valence electrons. The highest BCUT2D eigenvalue weighted by Crippen LogP contribution is 2.41. The van der Waals surface area contributed by atoms with E-state index in [4.69, 9.17) is 23.4 Å². The molecular formula is C30H42N2O4. The largest absolute Gasteiger partial charge is 0.497 e. The minimum absolute atomic E-state index is 0.125. The molecule has 2 atom stereocenters. The van der Waals surface area contributed by atoms with E-state index in [0.29, 0.717) is 30.7 Å². The molecule has 0 saturated heterocycles. The zero-order valence-electron chi connectivity index (χ0n) is 26.8. The van der Waals surface area contributed by atoms with Gasteiger partial charge in [0.25, 0.3) is 0 Å². The van der Waals surface area contributed by atoms with Crippen molar-refractivity contribution in [2.75, 3.05) is 20.6 Å². The van der Waals surface area contributed by atoms with Crippen LogP contribution in [0.5, 0.6) is 11.5 Å². The fourth-order valence-corrected chi connectivity index (χ4v) is 5.63. The molecule has 2 fully saturated rings. The first-order valence-electron chi connectivity index (χ1n) is 15.8. The minimum Gasteiger partial charge on any atom is -0.497 e. The van der Waals surface area contributed by atoms with Gasteiger partial charge in [-0.3, -0.25) is 0 Å². The van der Waals surface area contributed by atoms with Crippen molar-refractivity contribution >= 4 is 0 Å². The normalized spacial score (nSPS) is 23.3. The number of nitrogens with two attached hydrogens (primary N) is 1. The second kappa shape index (κ2) is 13.1. The van der Waals surface area contributed by atoms with Gasteiger partial charge in [0.15, 0.2) is 0 Å². The number of aliphatic hydroxyl groups is 2. The van der Waals surface area contributed by atoms with Crippen LogP contribution in [-0.2, 0) is 0 Å². The van der Waals surface area contributed by atoms with Crippen molar-refractivity contribution in [3.63, 3.8) is 0 Å². The lowest BCUT2D eigenvalue weighted by Crippen LogP contribution is -2.41. The van der Waals surface area contributed by atoms with E-state index in [-0.39, 0.29) is 11.7 Å². The molecule has 0 spiro atoms. The molecule has 2 aromatic rings. The zero-order valence-corrected chi connectivity index (χ0v) is 20.8. The molecule has 6 nitrogen and oxygen atoms in total. The fourth-order valence-electron chi connectivity index (χ4n) is 5.63. The molecule has 2 unspecified atom stereocenters. The SMILES string of the molecule is [2H]C([2H])([2H])Oc1ccc(C(C#N)C2(O)CCCCC2)cc1.[2H]C([2H])([2H])Oc1ccc(C(CN)C2(O)CCCCC2)cc1. The molecule has 0 radical (unpaired) electrons. The lowest BCUT2D eigenvalue weighted by molar-refractivity contribution is -0.0194. The van der Waals surface area contributed by atoms with Gasteiger partial charge in [-0.2, -0.15) is 5.26 Å². The zero-order chi connectivity index (χ0) is 31.0. The molecule has 6 heteroatoms. The highest BCUT2D eigenvalue weighted by Gasteiger charge is 2.39. The fraction of sp³-hybridized carbons (Fsp3) is 0.567. The summed E-state index contributed by atoms with van der Waals surface area (Å²) in [6, 6.07) is 15.4. The van der Waals surface area contributed by atoms with Crippen molar-refractivity contribution in [2.45, 2.75) is 87.2 Å². The van der Waals surface area contributed by atoms with Crippen LogP contribution in [0, 0.1) is 11.3 Å². The number of hydrogen-bond donors (Lipinski definition) is 3. The first kappa shape index (κ1) is 20.5. The maximum absolute atomic E-state index is 10.8. The Morgan fingerprint density at radius 1 is 0.806 bits per heavy atom. The number of ether oxygens (including phenoxy) is 2. The van der Waals surface area contributed by atoms with Crippen molar-refractivity contribution in [1.82, 2.24) is 0 Å². The molecule has 4 N–H and O–H groups in total. The van der Waals surface area contributed by atoms with Crippen LogP contribution in [0.3, 0.4) is 0 Å². The predicted octanol–water partition coefficient (Wildman–Crippen LogP) is 5.43. The summed E-state index contributed by atoms with van der Waals surface area (Å²) in [6.45, 7) is 0.371. The van der Waals surface area contributed by atoms with Gasteiger partial charge in [0, 0.05) is 12.5 Å². The van der Waals surface area contributed by atoms with E-state index in [0.717, 1.165) is 56.9 Å². The topological polar surface area (TPSA) is 109 Å². The van der Waals surface area contributed by atoms with Crippen LogP contribution >= 0.6 is 0 Å². The van der Waals surface area contributed by atoms with Gasteiger partial charge in [0.05, 0.1) is 45.5 Å². The first-order valence-corrected chi connectivity index (χ1v) is 12.8. The summed E-state index contributed by atoms with van der Waals surface area (Å²) in [5.74, 6) is -0.199. The summed E-state index contributed by atoms with van der Waals surface area (Å²) in [6.07, 6.45) is 8.92.